The van der Waals surface area contributed by atoms with E-state index in [9.17, 15) is 9.59 Å². The Balaban J connectivity index is 0.000000861. The summed E-state index contributed by atoms with van der Waals surface area (Å²) in [4.78, 5) is 29.1. The summed E-state index contributed by atoms with van der Waals surface area (Å²) in [5.41, 5.74) is -0.165. The molecule has 0 aromatic carbocycles. The van der Waals surface area contributed by atoms with Crippen LogP contribution in [0.25, 0.3) is 0 Å². The van der Waals surface area contributed by atoms with Gasteiger partial charge in [-0.3, -0.25) is 9.59 Å². The Morgan fingerprint density at radius 1 is 1.53 bits per heavy atom. The van der Waals surface area contributed by atoms with Gasteiger partial charge in [0.05, 0.1) is 11.6 Å². The highest BCUT2D eigenvalue weighted by Gasteiger charge is 2.29. The van der Waals surface area contributed by atoms with Crippen molar-refractivity contribution in [2.24, 2.45) is 5.92 Å². The second-order valence-corrected chi connectivity index (χ2v) is 4.34. The number of rotatable bonds is 2. The fourth-order valence-corrected chi connectivity index (χ4v) is 2.05. The number of nitrogens with one attached hydrogen (secondary N) is 1. The summed E-state index contributed by atoms with van der Waals surface area (Å²) in [7, 11) is 7.67. The van der Waals surface area contributed by atoms with Crippen LogP contribution in [0.2, 0.25) is 0 Å². The maximum Gasteiger partial charge on any atom is 0.270 e. The van der Waals surface area contributed by atoms with Crippen LogP contribution >= 0.6 is 0 Å². The first kappa shape index (κ1) is 15.5. The van der Waals surface area contributed by atoms with Gasteiger partial charge in [-0.15, -0.1) is 0 Å². The SMILES string of the molecule is CC.[B]N(C(=O)C1CCN(C)C1)c1ccc[nH]c1=O. The molecular formula is C13H20BN3O2. The molecule has 1 unspecified atom stereocenters. The fraction of sp³-hybridized carbons (Fsp3) is 0.538. The van der Waals surface area contributed by atoms with Crippen LogP contribution in [0.1, 0.15) is 20.3 Å². The molecule has 1 aliphatic rings. The van der Waals surface area contributed by atoms with E-state index < -0.39 is 0 Å². The van der Waals surface area contributed by atoms with Crippen molar-refractivity contribution in [2.45, 2.75) is 20.3 Å². The van der Waals surface area contributed by atoms with Crippen LogP contribution in [0.5, 0.6) is 0 Å². The van der Waals surface area contributed by atoms with E-state index in [4.69, 9.17) is 7.98 Å². The van der Waals surface area contributed by atoms with E-state index in [-0.39, 0.29) is 23.1 Å². The predicted molar refractivity (Wildman–Crippen MR) is 77.3 cm³/mol. The van der Waals surface area contributed by atoms with Gasteiger partial charge in [-0.05, 0) is 32.1 Å². The van der Waals surface area contributed by atoms with Crippen LogP contribution in [0, 0.1) is 5.92 Å². The molecule has 6 heteroatoms. The van der Waals surface area contributed by atoms with Crippen LogP contribution in [0.15, 0.2) is 23.1 Å². The lowest BCUT2D eigenvalue weighted by Crippen LogP contribution is -2.38. The maximum atomic E-state index is 12.1. The highest BCUT2D eigenvalue weighted by Crippen LogP contribution is 2.18. The molecule has 5 nitrogen and oxygen atoms in total. The Labute approximate surface area is 115 Å². The van der Waals surface area contributed by atoms with Gasteiger partial charge in [0, 0.05) is 12.7 Å². The Kier molecular flexibility index (Phi) is 5.82. The minimum absolute atomic E-state index is 0.121. The summed E-state index contributed by atoms with van der Waals surface area (Å²) >= 11 is 0. The van der Waals surface area contributed by atoms with Gasteiger partial charge in [0.2, 0.25) is 13.9 Å². The van der Waals surface area contributed by atoms with Gasteiger partial charge in [0.25, 0.3) is 5.56 Å². The Morgan fingerprint density at radius 3 is 2.74 bits per heavy atom. The zero-order valence-corrected chi connectivity index (χ0v) is 11.7. The highest BCUT2D eigenvalue weighted by atomic mass is 16.2. The monoisotopic (exact) mass is 261 g/mol. The molecule has 1 fully saturated rings. The topological polar surface area (TPSA) is 56.4 Å². The molecule has 1 saturated heterocycles. The average Bonchev–Trinajstić information content (AvgIpc) is 2.86. The second-order valence-electron chi connectivity index (χ2n) is 4.34. The zero-order valence-electron chi connectivity index (χ0n) is 11.7. The van der Waals surface area contributed by atoms with Crippen LogP contribution in [-0.4, -0.2) is 43.9 Å². The zero-order chi connectivity index (χ0) is 14.4. The predicted octanol–water partition coefficient (Wildman–Crippen LogP) is 0.769. The van der Waals surface area contributed by atoms with E-state index in [0.717, 1.165) is 17.8 Å². The van der Waals surface area contributed by atoms with Crippen molar-refractivity contribution in [3.05, 3.63) is 28.7 Å². The summed E-state index contributed by atoms with van der Waals surface area (Å²) < 4.78 is 0. The van der Waals surface area contributed by atoms with Crippen molar-refractivity contribution >= 4 is 19.6 Å². The summed E-state index contributed by atoms with van der Waals surface area (Å²) in [6.45, 7) is 5.58. The Bertz CT molecular complexity index is 475. The molecule has 102 valence electrons. The maximum absolute atomic E-state index is 12.1. The lowest BCUT2D eigenvalue weighted by molar-refractivity contribution is -0.120. The average molecular weight is 261 g/mol. The smallest absolute Gasteiger partial charge is 0.270 e. The molecule has 1 N–H and O–H groups in total. The number of pyridine rings is 1. The number of nitrogens with zero attached hydrogens (tertiary/aromatic N) is 2. The first-order chi connectivity index (χ1) is 9.09. The third-order valence-electron chi connectivity index (χ3n) is 3.03. The molecule has 1 atom stereocenters. The van der Waals surface area contributed by atoms with Crippen molar-refractivity contribution in [3.8, 4) is 0 Å². The molecule has 1 amide bonds. The van der Waals surface area contributed by atoms with Gasteiger partial charge in [-0.2, -0.15) is 0 Å². The third-order valence-corrected chi connectivity index (χ3v) is 3.03. The molecule has 19 heavy (non-hydrogen) atoms. The number of aromatic amines is 1. The Hall–Kier alpha value is -1.56. The lowest BCUT2D eigenvalue weighted by Gasteiger charge is -2.20. The van der Waals surface area contributed by atoms with E-state index >= 15 is 0 Å². The van der Waals surface area contributed by atoms with Crippen LogP contribution in [0.3, 0.4) is 0 Å². The van der Waals surface area contributed by atoms with E-state index in [2.05, 4.69) is 9.88 Å². The van der Waals surface area contributed by atoms with Crippen molar-refractivity contribution in [3.63, 3.8) is 0 Å². The molecular weight excluding hydrogens is 241 g/mol. The largest absolute Gasteiger partial charge is 0.364 e. The molecule has 2 radical (unpaired) electrons. The summed E-state index contributed by atoms with van der Waals surface area (Å²) in [6, 6.07) is 3.18. The molecule has 1 aromatic heterocycles. The quantitative estimate of drug-likeness (QED) is 0.800. The number of amides is 1. The number of aromatic nitrogens is 1. The molecule has 0 saturated carbocycles. The normalized spacial score (nSPS) is 18.6. The standard InChI is InChI=1S/C11H14BN3O2.C2H6/c1-14-6-4-8(7-14)11(17)15(12)9-3-2-5-13-10(9)16;1-2/h2-3,5,8H,4,6-7H2,1H3,(H,13,16);1-2H3. The minimum atomic E-state index is -0.352. The summed E-state index contributed by atoms with van der Waals surface area (Å²) in [5, 5.41) is 0. The number of likely N-dealkylation sites (tertiary alicyclic amines) is 1. The molecule has 0 aliphatic carbocycles. The minimum Gasteiger partial charge on any atom is -0.364 e. The second kappa shape index (κ2) is 7.14. The lowest BCUT2D eigenvalue weighted by atomic mass is 10.0. The number of carbonyl (C=O) groups excluding carboxylic acids is 1. The number of carbonyl (C=O) groups is 1. The van der Waals surface area contributed by atoms with Crippen LogP contribution in [-0.2, 0) is 4.79 Å². The number of hydrogen-bond acceptors (Lipinski definition) is 3. The van der Waals surface area contributed by atoms with Crippen LogP contribution < -0.4 is 10.4 Å². The van der Waals surface area contributed by atoms with Gasteiger partial charge in [0.15, 0.2) is 0 Å². The highest BCUT2D eigenvalue weighted by molar-refractivity contribution is 6.31. The van der Waals surface area contributed by atoms with Gasteiger partial charge in [-0.1, -0.05) is 13.8 Å². The fourth-order valence-electron chi connectivity index (χ4n) is 2.05. The summed E-state index contributed by atoms with van der Waals surface area (Å²) in [5.74, 6) is -0.323. The number of anilines is 1. The molecule has 0 spiro atoms. The van der Waals surface area contributed by atoms with E-state index in [1.165, 1.54) is 12.3 Å². The number of H-pyrrole nitrogens is 1. The van der Waals surface area contributed by atoms with Crippen molar-refractivity contribution < 1.29 is 4.79 Å². The van der Waals surface area contributed by atoms with Crippen molar-refractivity contribution in [1.82, 2.24) is 9.88 Å². The summed E-state index contributed by atoms with van der Waals surface area (Å²) in [6.07, 6.45) is 2.29. The van der Waals surface area contributed by atoms with Crippen molar-refractivity contribution in [2.75, 3.05) is 24.9 Å². The van der Waals surface area contributed by atoms with Gasteiger partial charge >= 0.3 is 0 Å². The van der Waals surface area contributed by atoms with E-state index in [1.54, 1.807) is 6.07 Å². The molecule has 1 aromatic rings. The Morgan fingerprint density at radius 2 is 2.21 bits per heavy atom. The molecule has 2 heterocycles. The van der Waals surface area contributed by atoms with Gasteiger partial charge in [0.1, 0.15) is 0 Å². The number of hydrogen-bond donors (Lipinski definition) is 1. The van der Waals surface area contributed by atoms with Gasteiger partial charge < -0.3 is 14.7 Å². The first-order valence-electron chi connectivity index (χ1n) is 6.54. The van der Waals surface area contributed by atoms with Gasteiger partial charge in [-0.25, -0.2) is 0 Å². The molecule has 2 rings (SSSR count). The van der Waals surface area contributed by atoms with E-state index in [1.807, 2.05) is 20.9 Å². The van der Waals surface area contributed by atoms with E-state index in [0.29, 0.717) is 6.54 Å². The molecule has 0 bridgehead atoms. The third kappa shape index (κ3) is 3.70. The van der Waals surface area contributed by atoms with Crippen LogP contribution in [0.4, 0.5) is 5.69 Å². The molecule has 1 aliphatic heterocycles. The first-order valence-corrected chi connectivity index (χ1v) is 6.54. The van der Waals surface area contributed by atoms with Crippen molar-refractivity contribution in [1.29, 1.82) is 0 Å².